The van der Waals surface area contributed by atoms with Gasteiger partial charge in [-0.15, -0.1) is 0 Å². The van der Waals surface area contributed by atoms with E-state index >= 15 is 0 Å². The minimum atomic E-state index is -3.86. The van der Waals surface area contributed by atoms with E-state index in [0.29, 0.717) is 29.4 Å². The van der Waals surface area contributed by atoms with Gasteiger partial charge in [-0.1, -0.05) is 65.5 Å². The van der Waals surface area contributed by atoms with E-state index in [1.54, 1.807) is 12.1 Å². The predicted octanol–water partition coefficient (Wildman–Crippen LogP) is 9.22. The summed E-state index contributed by atoms with van der Waals surface area (Å²) in [6.07, 6.45) is 14.0. The largest absolute Gasteiger partial charge is 0.530 e. The van der Waals surface area contributed by atoms with E-state index < -0.39 is 21.7 Å². The molecule has 0 aliphatic heterocycles. The van der Waals surface area contributed by atoms with Crippen molar-refractivity contribution in [2.75, 3.05) is 4.90 Å². The fourth-order valence-corrected chi connectivity index (χ4v) is 12.1. The van der Waals surface area contributed by atoms with Crippen molar-refractivity contribution in [3.05, 3.63) is 66.0 Å². The molecule has 5 nitrogen and oxygen atoms in total. The highest BCUT2D eigenvalue weighted by molar-refractivity contribution is 7.91. The number of hydrogen-bond acceptors (Lipinski definition) is 4. The molecular weight excluding hydrogens is 610 g/mol. The summed E-state index contributed by atoms with van der Waals surface area (Å²) in [4.78, 5) is 13.9. The standard InChI is InChI=1S/C40H54FNO4S/c1-26(2)7-6-8-27(3)35-19-20-36-34-18-9-28-25-31(21-23-39(28,4)37(34)22-24-40(35,36)5)42(38(43)44)30-12-16-33(17-13-30)47(45,46)32-14-10-29(41)11-15-32/h9-17,26-27,31,34-37H,6-8,18-25H2,1-5H3,(H,43,44)/p-1/t27-,31?,34+,35-,36+,37+,39+,40-/m1/s1. The number of anilines is 1. The van der Waals surface area contributed by atoms with E-state index in [-0.39, 0.29) is 21.2 Å². The summed E-state index contributed by atoms with van der Waals surface area (Å²) < 4.78 is 39.6. The van der Waals surface area contributed by atoms with Gasteiger partial charge in [-0.05, 0) is 146 Å². The first-order valence-corrected chi connectivity index (χ1v) is 19.5. The van der Waals surface area contributed by atoms with Gasteiger partial charge in [-0.3, -0.25) is 0 Å². The van der Waals surface area contributed by atoms with Gasteiger partial charge in [-0.25, -0.2) is 12.8 Å². The summed E-state index contributed by atoms with van der Waals surface area (Å²) in [7, 11) is -3.86. The van der Waals surface area contributed by atoms with Crippen LogP contribution in [-0.2, 0) is 9.84 Å². The first kappa shape index (κ1) is 34.2. The smallest absolute Gasteiger partial charge is 0.206 e. The topological polar surface area (TPSA) is 77.5 Å². The number of hydrogen-bond donors (Lipinski definition) is 0. The molecule has 1 unspecified atom stereocenters. The summed E-state index contributed by atoms with van der Waals surface area (Å²) in [5.41, 5.74) is 2.34. The number of carbonyl (C=O) groups excluding carboxylic acids is 1. The van der Waals surface area contributed by atoms with Crippen LogP contribution in [0, 0.1) is 52.2 Å². The average molecular weight is 663 g/mol. The van der Waals surface area contributed by atoms with E-state index in [1.165, 1.54) is 79.7 Å². The number of halogens is 1. The minimum absolute atomic E-state index is 0.00943. The van der Waals surface area contributed by atoms with Crippen LogP contribution in [0.15, 0.2) is 70.0 Å². The molecule has 0 radical (unpaired) electrons. The lowest BCUT2D eigenvalue weighted by molar-refractivity contribution is -0.247. The Hall–Kier alpha value is -2.67. The molecule has 0 saturated heterocycles. The zero-order valence-corrected chi connectivity index (χ0v) is 29.7. The maximum Gasteiger partial charge on any atom is 0.206 e. The van der Waals surface area contributed by atoms with Crippen LogP contribution >= 0.6 is 0 Å². The Morgan fingerprint density at radius 2 is 1.57 bits per heavy atom. The maximum atomic E-state index is 13.4. The maximum absolute atomic E-state index is 13.4. The van der Waals surface area contributed by atoms with E-state index in [0.717, 1.165) is 55.1 Å². The van der Waals surface area contributed by atoms with Crippen molar-refractivity contribution in [1.29, 1.82) is 0 Å². The van der Waals surface area contributed by atoms with Crippen molar-refractivity contribution < 1.29 is 22.7 Å². The Morgan fingerprint density at radius 3 is 2.21 bits per heavy atom. The van der Waals surface area contributed by atoms with Crippen molar-refractivity contribution in [3.8, 4) is 0 Å². The van der Waals surface area contributed by atoms with Gasteiger partial charge in [-0.2, -0.15) is 0 Å². The molecule has 47 heavy (non-hydrogen) atoms. The Balaban J connectivity index is 1.17. The summed E-state index contributed by atoms with van der Waals surface area (Å²) in [6, 6.07) is 10.4. The van der Waals surface area contributed by atoms with Crippen LogP contribution in [-0.4, -0.2) is 20.6 Å². The molecule has 4 aliphatic rings. The second kappa shape index (κ2) is 13.0. The quantitative estimate of drug-likeness (QED) is 0.198. The summed E-state index contributed by atoms with van der Waals surface area (Å²) in [6.45, 7) is 12.3. The molecular formula is C40H53FNO4S-. The third-order valence-electron chi connectivity index (χ3n) is 13.4. The Kier molecular flexibility index (Phi) is 9.45. The second-order valence-electron chi connectivity index (χ2n) is 16.3. The van der Waals surface area contributed by atoms with Crippen LogP contribution in [0.4, 0.5) is 14.9 Å². The van der Waals surface area contributed by atoms with Crippen molar-refractivity contribution in [1.82, 2.24) is 0 Å². The molecule has 0 heterocycles. The number of fused-ring (bicyclic) bond motifs is 5. The third-order valence-corrected chi connectivity index (χ3v) is 15.2. The van der Waals surface area contributed by atoms with Gasteiger partial charge in [0.2, 0.25) is 9.84 Å². The highest BCUT2D eigenvalue weighted by Crippen LogP contribution is 2.67. The average Bonchev–Trinajstić information content (AvgIpc) is 3.39. The van der Waals surface area contributed by atoms with Crippen molar-refractivity contribution in [3.63, 3.8) is 0 Å². The van der Waals surface area contributed by atoms with Gasteiger partial charge in [0.05, 0.1) is 9.79 Å². The molecule has 1 amide bonds. The van der Waals surface area contributed by atoms with E-state index in [2.05, 4.69) is 40.7 Å². The fourth-order valence-electron chi connectivity index (χ4n) is 10.9. The van der Waals surface area contributed by atoms with Gasteiger partial charge in [0, 0.05) is 11.7 Å². The molecule has 3 fully saturated rings. The molecule has 256 valence electrons. The number of carboxylic acid groups (broad SMARTS) is 1. The van der Waals surface area contributed by atoms with E-state index in [1.807, 2.05) is 0 Å². The van der Waals surface area contributed by atoms with Gasteiger partial charge >= 0.3 is 0 Å². The Labute approximate surface area is 282 Å². The number of carbonyl (C=O) groups is 1. The molecule has 8 atom stereocenters. The molecule has 6 rings (SSSR count). The lowest BCUT2D eigenvalue weighted by Crippen LogP contribution is -2.54. The number of sulfone groups is 1. The molecule has 7 heteroatoms. The van der Waals surface area contributed by atoms with E-state index in [9.17, 15) is 22.7 Å². The monoisotopic (exact) mass is 662 g/mol. The molecule has 3 saturated carbocycles. The molecule has 0 bridgehead atoms. The zero-order chi connectivity index (χ0) is 33.7. The molecule has 4 aliphatic carbocycles. The third kappa shape index (κ3) is 6.19. The molecule has 0 aromatic heterocycles. The van der Waals surface area contributed by atoms with Crippen LogP contribution in [0.5, 0.6) is 0 Å². The van der Waals surface area contributed by atoms with Crippen molar-refractivity contribution in [2.45, 2.75) is 121 Å². The summed E-state index contributed by atoms with van der Waals surface area (Å²) in [5, 5.41) is 12.6. The molecule has 0 N–H and O–H groups in total. The normalized spacial score (nSPS) is 32.6. The molecule has 0 spiro atoms. The SMILES string of the molecule is CC(C)CCC[C@@H](C)[C@H]1CC[C@H]2[C@@H]3CC=C4CC(N(C(=O)[O-])c5ccc(S(=O)(=O)c6ccc(F)cc6)cc5)CC[C@]4(C)[C@H]3CC[C@]12C. The lowest BCUT2D eigenvalue weighted by atomic mass is 9.46. The minimum Gasteiger partial charge on any atom is -0.530 e. The second-order valence-corrected chi connectivity index (χ2v) is 18.2. The number of allylic oxidation sites excluding steroid dienone is 1. The number of rotatable bonds is 9. The van der Waals surface area contributed by atoms with Crippen LogP contribution in [0.1, 0.15) is 105 Å². The summed E-state index contributed by atoms with van der Waals surface area (Å²) >= 11 is 0. The predicted molar refractivity (Wildman–Crippen MR) is 183 cm³/mol. The number of nitrogens with zero attached hydrogens (tertiary/aromatic N) is 1. The van der Waals surface area contributed by atoms with Gasteiger partial charge in [0.1, 0.15) is 11.9 Å². The molecule has 2 aromatic carbocycles. The van der Waals surface area contributed by atoms with Crippen LogP contribution in [0.2, 0.25) is 0 Å². The number of benzene rings is 2. The highest BCUT2D eigenvalue weighted by Gasteiger charge is 2.59. The van der Waals surface area contributed by atoms with Crippen LogP contribution < -0.4 is 10.0 Å². The first-order chi connectivity index (χ1) is 22.3. The fraction of sp³-hybridized carbons (Fsp3) is 0.625. The first-order valence-electron chi connectivity index (χ1n) is 18.1. The van der Waals surface area contributed by atoms with E-state index in [4.69, 9.17) is 0 Å². The van der Waals surface area contributed by atoms with Gasteiger partial charge in [0.15, 0.2) is 0 Å². The zero-order valence-electron chi connectivity index (χ0n) is 28.9. The van der Waals surface area contributed by atoms with Crippen molar-refractivity contribution >= 4 is 21.6 Å². The molecule has 2 aromatic rings. The lowest BCUT2D eigenvalue weighted by Gasteiger charge is -2.59. The van der Waals surface area contributed by atoms with Crippen molar-refractivity contribution in [2.24, 2.45) is 46.3 Å². The highest BCUT2D eigenvalue weighted by atomic mass is 32.2. The van der Waals surface area contributed by atoms with Crippen LogP contribution in [0.3, 0.4) is 0 Å². The Bertz CT molecular complexity index is 1580. The van der Waals surface area contributed by atoms with Gasteiger partial charge < -0.3 is 14.8 Å². The number of amides is 1. The van der Waals surface area contributed by atoms with Gasteiger partial charge in [0.25, 0.3) is 0 Å². The summed E-state index contributed by atoms with van der Waals surface area (Å²) in [5.74, 6) is 4.00. The Morgan fingerprint density at radius 1 is 0.915 bits per heavy atom. The van der Waals surface area contributed by atoms with Crippen LogP contribution in [0.25, 0.3) is 0 Å².